The first-order valence-electron chi connectivity index (χ1n) is 3.39. The molecule has 0 saturated carbocycles. The molecule has 0 amide bonds. The van der Waals surface area contributed by atoms with Crippen molar-refractivity contribution in [1.29, 1.82) is 0 Å². The van der Waals surface area contributed by atoms with E-state index < -0.39 is 8.56 Å². The Balaban J connectivity index is 4.02. The van der Waals surface area contributed by atoms with Gasteiger partial charge in [-0.1, -0.05) is 6.92 Å². The van der Waals surface area contributed by atoms with Crippen molar-refractivity contribution in [3.63, 3.8) is 0 Å². The van der Waals surface area contributed by atoms with Crippen LogP contribution in [0.5, 0.6) is 0 Å². The van der Waals surface area contributed by atoms with Crippen LogP contribution in [0, 0.1) is 0 Å². The first kappa shape index (κ1) is 10.5. The second-order valence-electron chi connectivity index (χ2n) is 2.35. The zero-order valence-electron chi connectivity index (χ0n) is 7.05. The van der Waals surface area contributed by atoms with E-state index in [1.807, 2.05) is 6.55 Å². The largest absolute Gasteiger partial charge is 0.397 e. The molecule has 0 rings (SSSR count). The van der Waals surface area contributed by atoms with Crippen molar-refractivity contribution in [1.82, 2.24) is 0 Å². The zero-order valence-corrected chi connectivity index (χ0v) is 8.94. The summed E-state index contributed by atoms with van der Waals surface area (Å²) in [4.78, 5) is 0.266. The van der Waals surface area contributed by atoms with E-state index in [4.69, 9.17) is 8.85 Å². The SMILES string of the molecule is CCC(S)[Si](C)(OC)OC. The van der Waals surface area contributed by atoms with E-state index in [0.717, 1.165) is 6.42 Å². The van der Waals surface area contributed by atoms with Gasteiger partial charge in [-0.3, -0.25) is 0 Å². The number of hydrogen-bond acceptors (Lipinski definition) is 3. The smallest absolute Gasteiger partial charge is 0.347 e. The highest BCUT2D eigenvalue weighted by atomic mass is 32.1. The predicted molar refractivity (Wildman–Crippen MR) is 48.7 cm³/mol. The van der Waals surface area contributed by atoms with E-state index >= 15 is 0 Å². The van der Waals surface area contributed by atoms with Gasteiger partial charge in [0, 0.05) is 19.1 Å². The quantitative estimate of drug-likeness (QED) is 0.523. The Bertz CT molecular complexity index is 95.7. The van der Waals surface area contributed by atoms with Crippen LogP contribution in [0.15, 0.2) is 0 Å². The van der Waals surface area contributed by atoms with Crippen LogP contribution in [0.2, 0.25) is 6.55 Å². The molecule has 0 spiro atoms. The topological polar surface area (TPSA) is 18.5 Å². The molecule has 0 aromatic rings. The van der Waals surface area contributed by atoms with Gasteiger partial charge in [-0.05, 0) is 13.0 Å². The van der Waals surface area contributed by atoms with Crippen molar-refractivity contribution in [3.8, 4) is 0 Å². The minimum atomic E-state index is -1.94. The molecular formula is C6H16O2SSi. The zero-order chi connectivity index (χ0) is 8.20. The summed E-state index contributed by atoms with van der Waals surface area (Å²) in [5.41, 5.74) is 0. The molecule has 10 heavy (non-hydrogen) atoms. The molecule has 62 valence electrons. The Morgan fingerprint density at radius 2 is 1.80 bits per heavy atom. The summed E-state index contributed by atoms with van der Waals surface area (Å²) in [6.45, 7) is 4.11. The maximum Gasteiger partial charge on any atom is 0.347 e. The Labute approximate surface area is 69.6 Å². The van der Waals surface area contributed by atoms with Gasteiger partial charge in [-0.2, -0.15) is 12.6 Å². The van der Waals surface area contributed by atoms with Gasteiger partial charge in [0.1, 0.15) is 0 Å². The average molecular weight is 180 g/mol. The molecule has 0 aromatic heterocycles. The van der Waals surface area contributed by atoms with Gasteiger partial charge in [0.2, 0.25) is 0 Å². The third-order valence-electron chi connectivity index (χ3n) is 1.80. The minimum absolute atomic E-state index is 0.266. The molecule has 0 saturated heterocycles. The lowest BCUT2D eigenvalue weighted by Gasteiger charge is -2.27. The fourth-order valence-corrected chi connectivity index (χ4v) is 2.81. The van der Waals surface area contributed by atoms with Crippen LogP contribution in [-0.4, -0.2) is 27.7 Å². The summed E-state index contributed by atoms with van der Waals surface area (Å²) in [6, 6.07) is 0. The van der Waals surface area contributed by atoms with Crippen molar-refractivity contribution < 1.29 is 8.85 Å². The van der Waals surface area contributed by atoms with Crippen LogP contribution in [0.4, 0.5) is 0 Å². The number of rotatable bonds is 4. The highest BCUT2D eigenvalue weighted by Gasteiger charge is 2.35. The van der Waals surface area contributed by atoms with E-state index in [0.29, 0.717) is 0 Å². The summed E-state index contributed by atoms with van der Waals surface area (Å²) >= 11 is 4.38. The molecule has 0 heterocycles. The van der Waals surface area contributed by atoms with E-state index in [-0.39, 0.29) is 4.87 Å². The normalized spacial score (nSPS) is 15.3. The molecule has 0 N–H and O–H groups in total. The fraction of sp³-hybridized carbons (Fsp3) is 1.00. The van der Waals surface area contributed by atoms with Crippen LogP contribution in [0.1, 0.15) is 13.3 Å². The van der Waals surface area contributed by atoms with E-state index in [2.05, 4.69) is 19.6 Å². The molecule has 1 unspecified atom stereocenters. The van der Waals surface area contributed by atoms with E-state index in [9.17, 15) is 0 Å². The van der Waals surface area contributed by atoms with Crippen molar-refractivity contribution in [2.24, 2.45) is 0 Å². The van der Waals surface area contributed by atoms with Gasteiger partial charge in [0.05, 0.1) is 0 Å². The number of hydrogen-bond donors (Lipinski definition) is 1. The predicted octanol–water partition coefficient (Wildman–Crippen LogP) is 1.60. The Kier molecular flexibility index (Phi) is 4.60. The molecule has 0 radical (unpaired) electrons. The minimum Gasteiger partial charge on any atom is -0.397 e. The monoisotopic (exact) mass is 180 g/mol. The standard InChI is InChI=1S/C6H16O2SSi/c1-5-6(9)10(4,7-2)8-3/h6,9H,5H2,1-4H3. The highest BCUT2D eigenvalue weighted by Crippen LogP contribution is 2.18. The summed E-state index contributed by atoms with van der Waals surface area (Å²) in [6.07, 6.45) is 0.994. The molecule has 0 aliphatic heterocycles. The van der Waals surface area contributed by atoms with Crippen LogP contribution in [0.25, 0.3) is 0 Å². The molecule has 2 nitrogen and oxygen atoms in total. The molecular weight excluding hydrogens is 164 g/mol. The average Bonchev–Trinajstić information content (AvgIpc) is 2.01. The van der Waals surface area contributed by atoms with Crippen molar-refractivity contribution >= 4 is 21.2 Å². The Morgan fingerprint density at radius 3 is 1.90 bits per heavy atom. The Morgan fingerprint density at radius 1 is 1.40 bits per heavy atom. The summed E-state index contributed by atoms with van der Waals surface area (Å²) in [5, 5.41) is 0. The molecule has 0 aliphatic rings. The molecule has 4 heteroatoms. The molecule has 0 aliphatic carbocycles. The van der Waals surface area contributed by atoms with Gasteiger partial charge in [0.25, 0.3) is 0 Å². The lowest BCUT2D eigenvalue weighted by atomic mass is 10.6. The highest BCUT2D eigenvalue weighted by molar-refractivity contribution is 7.83. The molecule has 0 fully saturated rings. The van der Waals surface area contributed by atoms with Crippen LogP contribution in [-0.2, 0) is 8.85 Å². The van der Waals surface area contributed by atoms with E-state index in [1.165, 1.54) is 0 Å². The third kappa shape index (κ3) is 2.27. The van der Waals surface area contributed by atoms with Gasteiger partial charge in [-0.25, -0.2) is 0 Å². The second kappa shape index (κ2) is 4.38. The third-order valence-corrected chi connectivity index (χ3v) is 6.81. The summed E-state index contributed by atoms with van der Waals surface area (Å²) in [5.74, 6) is 0. The maximum absolute atomic E-state index is 5.28. The fourth-order valence-electron chi connectivity index (χ4n) is 0.726. The molecule has 1 atom stereocenters. The van der Waals surface area contributed by atoms with Crippen LogP contribution in [0.3, 0.4) is 0 Å². The number of thiol groups is 1. The first-order chi connectivity index (χ1) is 4.60. The van der Waals surface area contributed by atoms with Gasteiger partial charge in [-0.15, -0.1) is 0 Å². The summed E-state index contributed by atoms with van der Waals surface area (Å²) in [7, 11) is 1.44. The maximum atomic E-state index is 5.28. The van der Waals surface area contributed by atoms with Crippen molar-refractivity contribution in [2.75, 3.05) is 14.2 Å². The van der Waals surface area contributed by atoms with Crippen molar-refractivity contribution in [2.45, 2.75) is 24.8 Å². The van der Waals surface area contributed by atoms with Gasteiger partial charge >= 0.3 is 8.56 Å². The van der Waals surface area contributed by atoms with Gasteiger partial charge < -0.3 is 8.85 Å². The second-order valence-corrected chi connectivity index (χ2v) is 7.00. The van der Waals surface area contributed by atoms with Gasteiger partial charge in [0.15, 0.2) is 0 Å². The van der Waals surface area contributed by atoms with Crippen molar-refractivity contribution in [3.05, 3.63) is 0 Å². The molecule has 0 bridgehead atoms. The lowest BCUT2D eigenvalue weighted by Crippen LogP contribution is -2.46. The summed E-state index contributed by atoms with van der Waals surface area (Å²) < 4.78 is 10.6. The van der Waals surface area contributed by atoms with E-state index in [1.54, 1.807) is 14.2 Å². The lowest BCUT2D eigenvalue weighted by molar-refractivity contribution is 0.247. The Hall–Kier alpha value is 0.487. The molecule has 0 aromatic carbocycles. The van der Waals surface area contributed by atoms with Crippen LogP contribution >= 0.6 is 12.6 Å². The van der Waals surface area contributed by atoms with Crippen LogP contribution < -0.4 is 0 Å². The first-order valence-corrected chi connectivity index (χ1v) is 6.30.